The third-order valence-corrected chi connectivity index (χ3v) is 6.20. The Morgan fingerprint density at radius 2 is 1.91 bits per heavy atom. The highest BCUT2D eigenvalue weighted by atomic mass is 35.5. The maximum absolute atomic E-state index is 13.6. The lowest BCUT2D eigenvalue weighted by atomic mass is 10.2. The summed E-state index contributed by atoms with van der Waals surface area (Å²) >= 11 is 7.85. The number of aromatic amines is 1. The van der Waals surface area contributed by atoms with Crippen molar-refractivity contribution in [2.45, 2.75) is 10.9 Å². The lowest BCUT2D eigenvalue weighted by Gasteiger charge is -2.15. The van der Waals surface area contributed by atoms with Gasteiger partial charge in [-0.2, -0.15) is 0 Å². The van der Waals surface area contributed by atoms with E-state index >= 15 is 0 Å². The third-order valence-electron chi connectivity index (χ3n) is 5.01. The number of fused-ring (bicyclic) bond motifs is 2. The van der Waals surface area contributed by atoms with Crippen LogP contribution in [0, 0.1) is 0 Å². The van der Waals surface area contributed by atoms with E-state index in [0.29, 0.717) is 55.5 Å². The molecule has 3 aromatic heterocycles. The standard InChI is InChI=1S/C22H17ClN6O3S/c1-31-17-7-12-14(8-18(17)32-2)26-19(29(21(12)30)16-6-4-3-5-13(16)23)10-33-22-27-15-9-24-11-25-20(15)28-22/h3-9,11H,10H2,1-2H3,(H,24,25,27,28). The van der Waals surface area contributed by atoms with E-state index in [9.17, 15) is 4.79 Å². The van der Waals surface area contributed by atoms with Gasteiger partial charge in [0, 0.05) is 6.07 Å². The number of para-hydroxylation sites is 1. The molecule has 0 radical (unpaired) electrons. The van der Waals surface area contributed by atoms with Gasteiger partial charge in [-0.15, -0.1) is 0 Å². The Labute approximate surface area is 196 Å². The molecule has 166 valence electrons. The first-order valence-corrected chi connectivity index (χ1v) is 11.2. The van der Waals surface area contributed by atoms with E-state index in [0.717, 1.165) is 5.52 Å². The number of ether oxygens (including phenoxy) is 2. The molecule has 0 spiro atoms. The average Bonchev–Trinajstić information content (AvgIpc) is 3.26. The maximum Gasteiger partial charge on any atom is 0.266 e. The lowest BCUT2D eigenvalue weighted by molar-refractivity contribution is 0.355. The maximum atomic E-state index is 13.6. The van der Waals surface area contributed by atoms with E-state index in [1.807, 2.05) is 12.1 Å². The van der Waals surface area contributed by atoms with Crippen LogP contribution in [0.15, 0.2) is 58.9 Å². The molecule has 1 N–H and O–H groups in total. The highest BCUT2D eigenvalue weighted by molar-refractivity contribution is 7.98. The minimum absolute atomic E-state index is 0.264. The minimum atomic E-state index is -0.264. The molecule has 11 heteroatoms. The Morgan fingerprint density at radius 1 is 1.12 bits per heavy atom. The van der Waals surface area contributed by atoms with Crippen LogP contribution in [0.2, 0.25) is 5.02 Å². The summed E-state index contributed by atoms with van der Waals surface area (Å²) in [6.07, 6.45) is 3.10. The van der Waals surface area contributed by atoms with E-state index in [2.05, 4.69) is 19.9 Å². The Bertz CT molecular complexity index is 1520. The highest BCUT2D eigenvalue weighted by Crippen LogP contribution is 2.32. The molecule has 33 heavy (non-hydrogen) atoms. The van der Waals surface area contributed by atoms with Gasteiger partial charge in [0.15, 0.2) is 22.3 Å². The van der Waals surface area contributed by atoms with Crippen LogP contribution >= 0.6 is 23.4 Å². The van der Waals surface area contributed by atoms with Crippen molar-refractivity contribution in [3.8, 4) is 17.2 Å². The van der Waals surface area contributed by atoms with Gasteiger partial charge >= 0.3 is 0 Å². The summed E-state index contributed by atoms with van der Waals surface area (Å²) in [4.78, 5) is 34.2. The van der Waals surface area contributed by atoms with Gasteiger partial charge in [0.2, 0.25) is 0 Å². The lowest BCUT2D eigenvalue weighted by Crippen LogP contribution is -2.24. The first kappa shape index (κ1) is 21.2. The van der Waals surface area contributed by atoms with Crippen LogP contribution in [0.25, 0.3) is 27.8 Å². The molecule has 0 aliphatic heterocycles. The normalized spacial score (nSPS) is 11.2. The third kappa shape index (κ3) is 3.87. The Hall–Kier alpha value is -3.63. The Morgan fingerprint density at radius 3 is 2.67 bits per heavy atom. The van der Waals surface area contributed by atoms with E-state index in [1.54, 1.807) is 30.5 Å². The highest BCUT2D eigenvalue weighted by Gasteiger charge is 2.18. The van der Waals surface area contributed by atoms with Gasteiger partial charge in [0.25, 0.3) is 5.56 Å². The molecular weight excluding hydrogens is 464 g/mol. The second kappa shape index (κ2) is 8.72. The fourth-order valence-electron chi connectivity index (χ4n) is 3.48. The largest absolute Gasteiger partial charge is 0.493 e. The second-order valence-corrected chi connectivity index (χ2v) is 8.31. The number of nitrogens with one attached hydrogen (secondary N) is 1. The molecular formula is C22H17ClN6O3S. The van der Waals surface area contributed by atoms with Crippen LogP contribution in [0.1, 0.15) is 5.82 Å². The number of rotatable bonds is 6. The number of benzene rings is 2. The van der Waals surface area contributed by atoms with Gasteiger partial charge in [-0.05, 0) is 18.2 Å². The summed E-state index contributed by atoms with van der Waals surface area (Å²) in [5, 5.41) is 1.46. The number of hydrogen-bond donors (Lipinski definition) is 1. The topological polar surface area (TPSA) is 108 Å². The average molecular weight is 481 g/mol. The number of nitrogens with zero attached hydrogens (tertiary/aromatic N) is 5. The van der Waals surface area contributed by atoms with Gasteiger partial charge in [-0.1, -0.05) is 35.5 Å². The van der Waals surface area contributed by atoms with E-state index < -0.39 is 0 Å². The summed E-state index contributed by atoms with van der Waals surface area (Å²) in [6.45, 7) is 0. The fraction of sp³-hybridized carbons (Fsp3) is 0.136. The van der Waals surface area contributed by atoms with Gasteiger partial charge in [0.1, 0.15) is 17.7 Å². The number of halogens is 1. The zero-order valence-electron chi connectivity index (χ0n) is 17.6. The number of thioether (sulfide) groups is 1. The van der Waals surface area contributed by atoms with Crippen molar-refractivity contribution in [2.24, 2.45) is 0 Å². The SMILES string of the molecule is COc1cc2nc(CSc3nc4ncncc4[nH]3)n(-c3ccccc3Cl)c(=O)c2cc1OC. The van der Waals surface area contributed by atoms with Crippen molar-refractivity contribution < 1.29 is 9.47 Å². The van der Waals surface area contributed by atoms with Crippen LogP contribution in [-0.4, -0.2) is 43.7 Å². The number of imidazole rings is 1. The monoisotopic (exact) mass is 480 g/mol. The molecule has 0 unspecified atom stereocenters. The fourth-order valence-corrected chi connectivity index (χ4v) is 4.49. The zero-order valence-corrected chi connectivity index (χ0v) is 19.1. The van der Waals surface area contributed by atoms with Crippen molar-refractivity contribution in [2.75, 3.05) is 14.2 Å². The van der Waals surface area contributed by atoms with Gasteiger partial charge < -0.3 is 14.5 Å². The molecule has 3 heterocycles. The molecule has 0 amide bonds. The van der Waals surface area contributed by atoms with Crippen LogP contribution < -0.4 is 15.0 Å². The minimum Gasteiger partial charge on any atom is -0.493 e. The Kier molecular flexibility index (Phi) is 5.61. The molecule has 0 bridgehead atoms. The molecule has 0 atom stereocenters. The number of H-pyrrole nitrogens is 1. The predicted octanol–water partition coefficient (Wildman–Crippen LogP) is 4.01. The van der Waals surface area contributed by atoms with Crippen LogP contribution in [0.3, 0.4) is 0 Å². The molecule has 0 aliphatic carbocycles. The molecule has 0 saturated carbocycles. The zero-order chi connectivity index (χ0) is 22.9. The van der Waals surface area contributed by atoms with Crippen molar-refractivity contribution in [3.05, 3.63) is 70.1 Å². The molecule has 0 aliphatic rings. The van der Waals surface area contributed by atoms with Crippen molar-refractivity contribution in [1.29, 1.82) is 0 Å². The van der Waals surface area contributed by atoms with E-state index in [1.165, 1.54) is 36.9 Å². The summed E-state index contributed by atoms with van der Waals surface area (Å²) in [6, 6.07) is 10.5. The molecule has 9 nitrogen and oxygen atoms in total. The van der Waals surface area contributed by atoms with Crippen LogP contribution in [-0.2, 0) is 5.75 Å². The summed E-state index contributed by atoms with van der Waals surface area (Å²) < 4.78 is 12.3. The predicted molar refractivity (Wildman–Crippen MR) is 127 cm³/mol. The molecule has 0 fully saturated rings. The van der Waals surface area contributed by atoms with E-state index in [4.69, 9.17) is 26.1 Å². The molecule has 5 rings (SSSR count). The molecule has 0 saturated heterocycles. The summed E-state index contributed by atoms with van der Waals surface area (Å²) in [7, 11) is 3.06. The molecule has 2 aromatic carbocycles. The van der Waals surface area contributed by atoms with Crippen molar-refractivity contribution in [1.82, 2.24) is 29.5 Å². The summed E-state index contributed by atoms with van der Waals surface area (Å²) in [5.74, 6) is 1.78. The molecule has 5 aromatic rings. The number of hydrogen-bond acceptors (Lipinski definition) is 8. The number of aromatic nitrogens is 6. The summed E-state index contributed by atoms with van der Waals surface area (Å²) in [5.41, 5.74) is 2.07. The van der Waals surface area contributed by atoms with Crippen molar-refractivity contribution >= 4 is 45.4 Å². The van der Waals surface area contributed by atoms with Gasteiger partial charge in [-0.25, -0.2) is 19.9 Å². The smallest absolute Gasteiger partial charge is 0.266 e. The van der Waals surface area contributed by atoms with Gasteiger partial charge in [-0.3, -0.25) is 9.36 Å². The Balaban J connectivity index is 1.67. The van der Waals surface area contributed by atoms with Crippen LogP contribution in [0.4, 0.5) is 0 Å². The second-order valence-electron chi connectivity index (χ2n) is 6.93. The van der Waals surface area contributed by atoms with Gasteiger partial charge in [0.05, 0.1) is 47.8 Å². The number of methoxy groups -OCH3 is 2. The first-order valence-electron chi connectivity index (χ1n) is 9.80. The quantitative estimate of drug-likeness (QED) is 0.363. The van der Waals surface area contributed by atoms with Crippen molar-refractivity contribution in [3.63, 3.8) is 0 Å². The first-order chi connectivity index (χ1) is 16.1. The van der Waals surface area contributed by atoms with E-state index in [-0.39, 0.29) is 5.56 Å². The van der Waals surface area contributed by atoms with Crippen LogP contribution in [0.5, 0.6) is 11.5 Å².